The molecule has 0 bridgehead atoms. The van der Waals surface area contributed by atoms with E-state index < -0.39 is 0 Å². The first-order chi connectivity index (χ1) is 10.1. The number of amides is 1. The summed E-state index contributed by atoms with van der Waals surface area (Å²) in [6.07, 6.45) is 4.17. The summed E-state index contributed by atoms with van der Waals surface area (Å²) in [4.78, 5) is 14.4. The van der Waals surface area contributed by atoms with Crippen molar-refractivity contribution < 1.29 is 4.79 Å². The van der Waals surface area contributed by atoms with Gasteiger partial charge in [0.25, 0.3) is 0 Å². The molecule has 1 amide bonds. The van der Waals surface area contributed by atoms with Crippen molar-refractivity contribution in [2.75, 3.05) is 26.2 Å². The highest BCUT2D eigenvalue weighted by molar-refractivity contribution is 9.10. The highest BCUT2D eigenvalue weighted by atomic mass is 79.9. The summed E-state index contributed by atoms with van der Waals surface area (Å²) in [6, 6.07) is 7.92. The number of nitrogens with one attached hydrogen (secondary N) is 1. The summed E-state index contributed by atoms with van der Waals surface area (Å²) in [7, 11) is 0. The van der Waals surface area contributed by atoms with Gasteiger partial charge in [0.1, 0.15) is 0 Å². The number of piperidine rings is 1. The predicted octanol–water partition coefficient (Wildman–Crippen LogP) is 3.23. The molecule has 0 aromatic heterocycles. The van der Waals surface area contributed by atoms with Crippen molar-refractivity contribution in [2.45, 2.75) is 32.6 Å². The van der Waals surface area contributed by atoms with Gasteiger partial charge in [-0.25, -0.2) is 0 Å². The van der Waals surface area contributed by atoms with Crippen LogP contribution < -0.4 is 5.32 Å². The number of benzene rings is 1. The molecule has 0 aliphatic carbocycles. The number of nitrogens with zero attached hydrogens (tertiary/aromatic N) is 1. The number of halogens is 1. The molecule has 4 heteroatoms. The molecule has 3 nitrogen and oxygen atoms in total. The van der Waals surface area contributed by atoms with E-state index in [1.165, 1.54) is 25.9 Å². The lowest BCUT2D eigenvalue weighted by Crippen LogP contribution is -2.36. The lowest BCUT2D eigenvalue weighted by molar-refractivity contribution is -0.120. The fourth-order valence-corrected chi connectivity index (χ4v) is 3.36. The average molecular weight is 353 g/mol. The first-order valence-electron chi connectivity index (χ1n) is 7.87. The van der Waals surface area contributed by atoms with E-state index in [4.69, 9.17) is 0 Å². The molecule has 1 N–H and O–H groups in total. The summed E-state index contributed by atoms with van der Waals surface area (Å²) in [5.74, 6) is 0.935. The Hall–Kier alpha value is -0.870. The number of hydrogen-bond donors (Lipinski definition) is 1. The minimum Gasteiger partial charge on any atom is -0.356 e. The van der Waals surface area contributed by atoms with Gasteiger partial charge in [-0.15, -0.1) is 0 Å². The molecule has 1 heterocycles. The molecule has 1 aliphatic rings. The minimum atomic E-state index is 0.111. The maximum atomic E-state index is 11.9. The molecule has 116 valence electrons. The van der Waals surface area contributed by atoms with Crippen molar-refractivity contribution in [3.05, 3.63) is 34.3 Å². The van der Waals surface area contributed by atoms with E-state index in [0.29, 0.717) is 6.42 Å². The second-order valence-corrected chi connectivity index (χ2v) is 6.97. The Morgan fingerprint density at radius 3 is 3.10 bits per heavy atom. The van der Waals surface area contributed by atoms with Gasteiger partial charge in [0, 0.05) is 17.6 Å². The fraction of sp³-hybridized carbons (Fsp3) is 0.588. The molecule has 1 atom stereocenters. The molecule has 1 aromatic carbocycles. The van der Waals surface area contributed by atoms with Crippen LogP contribution in [0.2, 0.25) is 0 Å². The SMILES string of the molecule is C[C@@H]1CCCN(CCCNC(=O)Cc2cccc(Br)c2)C1. The van der Waals surface area contributed by atoms with Crippen LogP contribution in [-0.2, 0) is 11.2 Å². The Labute approximate surface area is 136 Å². The van der Waals surface area contributed by atoms with Gasteiger partial charge in [-0.2, -0.15) is 0 Å². The van der Waals surface area contributed by atoms with Crippen molar-refractivity contribution in [3.8, 4) is 0 Å². The van der Waals surface area contributed by atoms with Gasteiger partial charge < -0.3 is 10.2 Å². The first-order valence-corrected chi connectivity index (χ1v) is 8.66. The van der Waals surface area contributed by atoms with Crippen LogP contribution in [0.3, 0.4) is 0 Å². The predicted molar refractivity (Wildman–Crippen MR) is 90.3 cm³/mol. The number of hydrogen-bond acceptors (Lipinski definition) is 2. The lowest BCUT2D eigenvalue weighted by atomic mass is 10.0. The minimum absolute atomic E-state index is 0.111. The van der Waals surface area contributed by atoms with Crippen LogP contribution in [0.1, 0.15) is 31.7 Å². The van der Waals surface area contributed by atoms with E-state index in [1.54, 1.807) is 0 Å². The smallest absolute Gasteiger partial charge is 0.224 e. The molecule has 1 aromatic rings. The molecule has 1 saturated heterocycles. The second-order valence-electron chi connectivity index (χ2n) is 6.06. The summed E-state index contributed by atoms with van der Waals surface area (Å²) < 4.78 is 1.02. The van der Waals surface area contributed by atoms with Crippen molar-refractivity contribution in [1.29, 1.82) is 0 Å². The topological polar surface area (TPSA) is 32.3 Å². The first kappa shape index (κ1) is 16.5. The summed E-state index contributed by atoms with van der Waals surface area (Å²) >= 11 is 3.43. The summed E-state index contributed by atoms with van der Waals surface area (Å²) in [5, 5.41) is 3.02. The molecular formula is C17H25BrN2O. The van der Waals surface area contributed by atoms with Crippen LogP contribution in [0, 0.1) is 5.92 Å². The van der Waals surface area contributed by atoms with Gasteiger partial charge in [0.2, 0.25) is 5.91 Å². The average Bonchev–Trinajstić information content (AvgIpc) is 2.44. The molecule has 2 rings (SSSR count). The van der Waals surface area contributed by atoms with Crippen molar-refractivity contribution >= 4 is 21.8 Å². The zero-order chi connectivity index (χ0) is 15.1. The van der Waals surface area contributed by atoms with Crippen LogP contribution in [0.15, 0.2) is 28.7 Å². The Kier molecular flexibility index (Phi) is 6.71. The lowest BCUT2D eigenvalue weighted by Gasteiger charge is -2.30. The maximum absolute atomic E-state index is 11.9. The number of carbonyl (C=O) groups is 1. The normalized spacial score (nSPS) is 19.4. The highest BCUT2D eigenvalue weighted by Crippen LogP contribution is 2.15. The summed E-state index contributed by atoms with van der Waals surface area (Å²) in [6.45, 7) is 6.63. The Morgan fingerprint density at radius 1 is 1.48 bits per heavy atom. The van der Waals surface area contributed by atoms with Crippen LogP contribution in [-0.4, -0.2) is 37.0 Å². The van der Waals surface area contributed by atoms with Crippen LogP contribution >= 0.6 is 15.9 Å². The number of likely N-dealkylation sites (tertiary alicyclic amines) is 1. The third-order valence-electron chi connectivity index (χ3n) is 3.97. The van der Waals surface area contributed by atoms with Gasteiger partial charge in [-0.05, 0) is 56.0 Å². The van der Waals surface area contributed by atoms with E-state index in [2.05, 4.69) is 33.1 Å². The largest absolute Gasteiger partial charge is 0.356 e. The van der Waals surface area contributed by atoms with E-state index in [-0.39, 0.29) is 5.91 Å². The molecule has 1 aliphatic heterocycles. The van der Waals surface area contributed by atoms with E-state index in [0.717, 1.165) is 35.5 Å². The van der Waals surface area contributed by atoms with Gasteiger partial charge in [0.05, 0.1) is 6.42 Å². The van der Waals surface area contributed by atoms with Gasteiger partial charge >= 0.3 is 0 Å². The van der Waals surface area contributed by atoms with Crippen LogP contribution in [0.25, 0.3) is 0 Å². The Morgan fingerprint density at radius 2 is 2.33 bits per heavy atom. The van der Waals surface area contributed by atoms with Gasteiger partial charge in [-0.1, -0.05) is 35.0 Å². The van der Waals surface area contributed by atoms with Gasteiger partial charge in [-0.3, -0.25) is 4.79 Å². The zero-order valence-electron chi connectivity index (χ0n) is 12.8. The molecule has 0 unspecified atom stereocenters. The molecule has 0 spiro atoms. The monoisotopic (exact) mass is 352 g/mol. The Bertz CT molecular complexity index is 464. The zero-order valence-corrected chi connectivity index (χ0v) is 14.4. The van der Waals surface area contributed by atoms with E-state index in [1.807, 2.05) is 24.3 Å². The van der Waals surface area contributed by atoms with Crippen LogP contribution in [0.5, 0.6) is 0 Å². The van der Waals surface area contributed by atoms with Crippen LogP contribution in [0.4, 0.5) is 0 Å². The maximum Gasteiger partial charge on any atom is 0.224 e. The van der Waals surface area contributed by atoms with Gasteiger partial charge in [0.15, 0.2) is 0 Å². The molecule has 0 radical (unpaired) electrons. The fourth-order valence-electron chi connectivity index (χ4n) is 2.92. The summed E-state index contributed by atoms with van der Waals surface area (Å²) in [5.41, 5.74) is 1.05. The molecule has 21 heavy (non-hydrogen) atoms. The quantitative estimate of drug-likeness (QED) is 0.797. The van der Waals surface area contributed by atoms with Crippen molar-refractivity contribution in [1.82, 2.24) is 10.2 Å². The third kappa shape index (κ3) is 6.18. The second kappa shape index (κ2) is 8.54. The van der Waals surface area contributed by atoms with E-state index in [9.17, 15) is 4.79 Å². The molecule has 1 fully saturated rings. The Balaban J connectivity index is 1.61. The van der Waals surface area contributed by atoms with Crippen molar-refractivity contribution in [2.24, 2.45) is 5.92 Å². The molecule has 0 saturated carbocycles. The molecular weight excluding hydrogens is 328 g/mol. The standard InChI is InChI=1S/C17H25BrN2O/c1-14-5-3-9-20(13-14)10-4-8-19-17(21)12-15-6-2-7-16(18)11-15/h2,6-7,11,14H,3-5,8-10,12-13H2,1H3,(H,19,21)/t14-/m1/s1. The van der Waals surface area contributed by atoms with E-state index >= 15 is 0 Å². The number of rotatable bonds is 6. The highest BCUT2D eigenvalue weighted by Gasteiger charge is 2.15. The van der Waals surface area contributed by atoms with Crippen molar-refractivity contribution in [3.63, 3.8) is 0 Å². The third-order valence-corrected chi connectivity index (χ3v) is 4.46. The number of carbonyl (C=O) groups excluding carboxylic acids is 1.